The Morgan fingerprint density at radius 3 is 2.55 bits per heavy atom. The van der Waals surface area contributed by atoms with Gasteiger partial charge in [-0.05, 0) is 56.0 Å². The Labute approximate surface area is 179 Å². The molecule has 2 heterocycles. The van der Waals surface area contributed by atoms with Crippen molar-refractivity contribution >= 4 is 5.91 Å². The molecule has 1 fully saturated rings. The van der Waals surface area contributed by atoms with E-state index < -0.39 is 0 Å². The maximum Gasteiger partial charge on any atom is 0.269 e. The first-order valence-electron chi connectivity index (χ1n) is 10.2. The quantitative estimate of drug-likeness (QED) is 0.652. The van der Waals surface area contributed by atoms with Crippen LogP contribution in [0.15, 0.2) is 42.7 Å². The van der Waals surface area contributed by atoms with Gasteiger partial charge in [-0.3, -0.25) is 14.5 Å². The number of methoxy groups -OCH3 is 1. The van der Waals surface area contributed by atoms with E-state index in [2.05, 4.69) is 20.4 Å². The van der Waals surface area contributed by atoms with E-state index in [4.69, 9.17) is 9.47 Å². The van der Waals surface area contributed by atoms with Crippen LogP contribution in [0.5, 0.6) is 11.8 Å². The van der Waals surface area contributed by atoms with E-state index in [-0.39, 0.29) is 23.9 Å². The highest BCUT2D eigenvalue weighted by Gasteiger charge is 2.25. The van der Waals surface area contributed by atoms with Crippen LogP contribution in [0.3, 0.4) is 0 Å². The Morgan fingerprint density at radius 2 is 1.84 bits per heavy atom. The minimum Gasteiger partial charge on any atom is -0.480 e. The van der Waals surface area contributed by atoms with Crippen molar-refractivity contribution in [3.05, 3.63) is 54.2 Å². The molecular formula is C22H24FN5O3. The second-order valence-corrected chi connectivity index (χ2v) is 7.51. The molecule has 31 heavy (non-hydrogen) atoms. The molecule has 0 unspecified atom stereocenters. The smallest absolute Gasteiger partial charge is 0.269 e. The lowest BCUT2D eigenvalue weighted by Gasteiger charge is -2.29. The molecule has 0 radical (unpaired) electrons. The van der Waals surface area contributed by atoms with Gasteiger partial charge in [-0.15, -0.1) is 0 Å². The summed E-state index contributed by atoms with van der Waals surface area (Å²) in [5.74, 6) is 0.367. The number of nitrogens with zero attached hydrogens (tertiary/aromatic N) is 4. The molecule has 0 spiro atoms. The predicted molar refractivity (Wildman–Crippen MR) is 111 cm³/mol. The van der Waals surface area contributed by atoms with E-state index in [9.17, 15) is 9.18 Å². The lowest BCUT2D eigenvalue weighted by atomic mass is 9.93. The van der Waals surface area contributed by atoms with E-state index in [1.807, 2.05) is 0 Å². The van der Waals surface area contributed by atoms with Crippen LogP contribution in [-0.2, 0) is 7.05 Å². The Kier molecular flexibility index (Phi) is 6.11. The Bertz CT molecular complexity index is 1050. The zero-order valence-corrected chi connectivity index (χ0v) is 17.4. The van der Waals surface area contributed by atoms with Crippen molar-refractivity contribution in [1.82, 2.24) is 25.1 Å². The van der Waals surface area contributed by atoms with Gasteiger partial charge in [0, 0.05) is 18.7 Å². The number of benzene rings is 1. The average Bonchev–Trinajstić information content (AvgIpc) is 3.17. The number of aryl methyl sites for hydroxylation is 1. The topological polar surface area (TPSA) is 91.2 Å². The van der Waals surface area contributed by atoms with E-state index in [0.29, 0.717) is 23.1 Å². The summed E-state index contributed by atoms with van der Waals surface area (Å²) < 4.78 is 25.7. The SMILES string of the molecule is COc1cncc(OC2CCC(NC(=O)c3cc(-c4ccc(F)cc4)nn3C)CC2)n1. The molecule has 1 aliphatic carbocycles. The Hall–Kier alpha value is -3.49. The molecular weight excluding hydrogens is 401 g/mol. The van der Waals surface area contributed by atoms with E-state index in [0.717, 1.165) is 31.2 Å². The monoisotopic (exact) mass is 425 g/mol. The van der Waals surface area contributed by atoms with Gasteiger partial charge in [-0.2, -0.15) is 10.1 Å². The zero-order chi connectivity index (χ0) is 21.8. The molecule has 8 nitrogen and oxygen atoms in total. The Balaban J connectivity index is 1.32. The summed E-state index contributed by atoms with van der Waals surface area (Å²) in [6, 6.07) is 7.83. The number of carbonyl (C=O) groups is 1. The molecule has 3 aromatic rings. The minimum absolute atomic E-state index is 0.0244. The van der Waals surface area contributed by atoms with Gasteiger partial charge in [-0.1, -0.05) is 0 Å². The first kappa shape index (κ1) is 20.8. The molecule has 1 N–H and O–H groups in total. The molecule has 0 bridgehead atoms. The maximum atomic E-state index is 13.1. The van der Waals surface area contributed by atoms with Crippen molar-refractivity contribution < 1.29 is 18.7 Å². The standard InChI is InChI=1S/C22H24FN5O3/c1-28-19(11-18(27-28)14-3-5-15(23)6-4-14)22(29)25-16-7-9-17(10-8-16)31-21-13-24-12-20(26-21)30-2/h3-6,11-13,16-17H,7-10H2,1-2H3,(H,25,29). The number of hydrogen-bond donors (Lipinski definition) is 1. The largest absolute Gasteiger partial charge is 0.480 e. The van der Waals surface area contributed by atoms with Gasteiger partial charge < -0.3 is 14.8 Å². The lowest BCUT2D eigenvalue weighted by molar-refractivity contribution is 0.0880. The number of amides is 1. The molecule has 1 amide bonds. The van der Waals surface area contributed by atoms with Gasteiger partial charge in [-0.25, -0.2) is 4.39 Å². The molecule has 0 aliphatic heterocycles. The molecule has 0 saturated heterocycles. The second kappa shape index (κ2) is 9.11. The fourth-order valence-electron chi connectivity index (χ4n) is 3.68. The highest BCUT2D eigenvalue weighted by molar-refractivity contribution is 5.93. The first-order valence-corrected chi connectivity index (χ1v) is 10.2. The summed E-state index contributed by atoms with van der Waals surface area (Å²) in [5.41, 5.74) is 1.85. The lowest BCUT2D eigenvalue weighted by Crippen LogP contribution is -2.40. The molecule has 0 atom stereocenters. The number of ether oxygens (including phenoxy) is 2. The third kappa shape index (κ3) is 4.99. The van der Waals surface area contributed by atoms with Gasteiger partial charge >= 0.3 is 0 Å². The van der Waals surface area contributed by atoms with Crippen LogP contribution in [-0.4, -0.2) is 44.9 Å². The number of carbonyl (C=O) groups excluding carboxylic acids is 1. The highest BCUT2D eigenvalue weighted by Crippen LogP contribution is 2.24. The summed E-state index contributed by atoms with van der Waals surface area (Å²) in [6.45, 7) is 0. The van der Waals surface area contributed by atoms with Gasteiger partial charge in [0.15, 0.2) is 0 Å². The van der Waals surface area contributed by atoms with E-state index >= 15 is 0 Å². The minimum atomic E-state index is -0.310. The van der Waals surface area contributed by atoms with Crippen LogP contribution < -0.4 is 14.8 Å². The fraction of sp³-hybridized carbons (Fsp3) is 0.364. The Morgan fingerprint density at radius 1 is 1.13 bits per heavy atom. The van der Waals surface area contributed by atoms with Gasteiger partial charge in [0.05, 0.1) is 25.2 Å². The second-order valence-electron chi connectivity index (χ2n) is 7.51. The third-order valence-corrected chi connectivity index (χ3v) is 5.35. The normalized spacial score (nSPS) is 18.4. The van der Waals surface area contributed by atoms with Gasteiger partial charge in [0.1, 0.15) is 17.6 Å². The molecule has 162 valence electrons. The van der Waals surface area contributed by atoms with E-state index in [1.54, 1.807) is 36.1 Å². The van der Waals surface area contributed by atoms with Crippen LogP contribution in [0.1, 0.15) is 36.2 Å². The van der Waals surface area contributed by atoms with Crippen molar-refractivity contribution in [2.45, 2.75) is 37.8 Å². The molecule has 4 rings (SSSR count). The van der Waals surface area contributed by atoms with Gasteiger partial charge in [0.2, 0.25) is 11.8 Å². The summed E-state index contributed by atoms with van der Waals surface area (Å²) in [5, 5.41) is 7.48. The number of nitrogens with one attached hydrogen (secondary N) is 1. The maximum absolute atomic E-state index is 13.1. The molecule has 1 saturated carbocycles. The summed E-state index contributed by atoms with van der Waals surface area (Å²) in [7, 11) is 3.26. The predicted octanol–water partition coefficient (Wildman–Crippen LogP) is 3.14. The third-order valence-electron chi connectivity index (χ3n) is 5.35. The van der Waals surface area contributed by atoms with Crippen LogP contribution in [0, 0.1) is 5.82 Å². The van der Waals surface area contributed by atoms with Gasteiger partial charge in [0.25, 0.3) is 5.91 Å². The number of halogens is 1. The fourth-order valence-corrected chi connectivity index (χ4v) is 3.68. The molecule has 1 aromatic carbocycles. The zero-order valence-electron chi connectivity index (χ0n) is 17.4. The molecule has 1 aliphatic rings. The van der Waals surface area contributed by atoms with Crippen LogP contribution >= 0.6 is 0 Å². The first-order chi connectivity index (χ1) is 15.0. The highest BCUT2D eigenvalue weighted by atomic mass is 19.1. The average molecular weight is 425 g/mol. The van der Waals surface area contributed by atoms with E-state index in [1.165, 1.54) is 25.4 Å². The van der Waals surface area contributed by atoms with Crippen LogP contribution in [0.2, 0.25) is 0 Å². The number of rotatable bonds is 6. The summed E-state index contributed by atoms with van der Waals surface area (Å²) >= 11 is 0. The number of hydrogen-bond acceptors (Lipinski definition) is 6. The molecule has 9 heteroatoms. The molecule has 2 aromatic heterocycles. The summed E-state index contributed by atoms with van der Waals surface area (Å²) in [4.78, 5) is 21.1. The van der Waals surface area contributed by atoms with Crippen molar-refractivity contribution in [1.29, 1.82) is 0 Å². The summed E-state index contributed by atoms with van der Waals surface area (Å²) in [6.07, 6.45) is 6.33. The van der Waals surface area contributed by atoms with Crippen molar-refractivity contribution in [3.8, 4) is 23.0 Å². The number of aromatic nitrogens is 4. The van der Waals surface area contributed by atoms with Crippen LogP contribution in [0.4, 0.5) is 4.39 Å². The van der Waals surface area contributed by atoms with Crippen molar-refractivity contribution in [2.75, 3.05) is 7.11 Å². The van der Waals surface area contributed by atoms with Crippen molar-refractivity contribution in [2.24, 2.45) is 7.05 Å². The van der Waals surface area contributed by atoms with Crippen LogP contribution in [0.25, 0.3) is 11.3 Å². The van der Waals surface area contributed by atoms with Crippen molar-refractivity contribution in [3.63, 3.8) is 0 Å².